The van der Waals surface area contributed by atoms with Crippen LogP contribution in [0.2, 0.25) is 5.02 Å². The summed E-state index contributed by atoms with van der Waals surface area (Å²) >= 11 is 6.33. The molecule has 2 N–H and O–H groups in total. The highest BCUT2D eigenvalue weighted by atomic mass is 35.5. The number of carbonyl (C=O) groups excluding carboxylic acids is 2. The molecule has 0 spiro atoms. The highest BCUT2D eigenvalue weighted by Crippen LogP contribution is 2.48. The van der Waals surface area contributed by atoms with Gasteiger partial charge in [-0.15, -0.1) is 0 Å². The summed E-state index contributed by atoms with van der Waals surface area (Å²) in [6, 6.07) is 8.79. The number of aromatic nitrogens is 1. The van der Waals surface area contributed by atoms with Gasteiger partial charge in [0.05, 0.1) is 56.3 Å². The van der Waals surface area contributed by atoms with Crippen molar-refractivity contribution in [2.24, 2.45) is 0 Å². The molecule has 9 heteroatoms. The van der Waals surface area contributed by atoms with Gasteiger partial charge in [0.1, 0.15) is 0 Å². The Bertz CT molecular complexity index is 1240. The molecule has 172 valence electrons. The largest absolute Gasteiger partial charge is 0.493 e. The second-order valence-electron chi connectivity index (χ2n) is 7.45. The second kappa shape index (κ2) is 8.71. The average molecular weight is 471 g/mol. The first-order valence-corrected chi connectivity index (χ1v) is 10.4. The summed E-state index contributed by atoms with van der Waals surface area (Å²) in [6.07, 6.45) is 0. The molecule has 1 amide bonds. The predicted molar refractivity (Wildman–Crippen MR) is 124 cm³/mol. The molecule has 0 saturated carbocycles. The summed E-state index contributed by atoms with van der Waals surface area (Å²) in [7, 11) is 5.86. The van der Waals surface area contributed by atoms with Crippen LogP contribution in [0.4, 0.5) is 5.69 Å². The molecule has 0 saturated heterocycles. The van der Waals surface area contributed by atoms with Crippen LogP contribution in [0.3, 0.4) is 0 Å². The van der Waals surface area contributed by atoms with Crippen LogP contribution < -0.4 is 19.5 Å². The quantitative estimate of drug-likeness (QED) is 0.513. The topological polar surface area (TPSA) is 98.9 Å². The van der Waals surface area contributed by atoms with Crippen LogP contribution in [-0.2, 0) is 9.53 Å². The number of hydrogen-bond donors (Lipinski definition) is 2. The van der Waals surface area contributed by atoms with E-state index < -0.39 is 11.9 Å². The molecule has 0 fully saturated rings. The highest BCUT2D eigenvalue weighted by molar-refractivity contribution is 6.34. The number of hydrogen-bond acceptors (Lipinski definition) is 6. The zero-order valence-electron chi connectivity index (χ0n) is 18.8. The van der Waals surface area contributed by atoms with Gasteiger partial charge in [0.15, 0.2) is 11.5 Å². The van der Waals surface area contributed by atoms with Crippen molar-refractivity contribution in [3.05, 3.63) is 57.7 Å². The smallest absolute Gasteiger partial charge is 0.340 e. The van der Waals surface area contributed by atoms with Crippen LogP contribution in [-0.4, -0.2) is 45.3 Å². The zero-order chi connectivity index (χ0) is 23.9. The number of rotatable bonds is 6. The number of ether oxygens (including phenoxy) is 4. The molecule has 1 aliphatic rings. The summed E-state index contributed by atoms with van der Waals surface area (Å²) in [6.45, 7) is 1.75. The van der Waals surface area contributed by atoms with E-state index in [1.165, 1.54) is 28.4 Å². The van der Waals surface area contributed by atoms with E-state index >= 15 is 0 Å². The Morgan fingerprint density at radius 3 is 2.27 bits per heavy atom. The molecule has 2 heterocycles. The van der Waals surface area contributed by atoms with Gasteiger partial charge in [0, 0.05) is 16.8 Å². The van der Waals surface area contributed by atoms with Gasteiger partial charge in [-0.05, 0) is 30.7 Å². The minimum absolute atomic E-state index is 0.286. The normalized spacial score (nSPS) is 14.5. The maximum atomic E-state index is 13.2. The first kappa shape index (κ1) is 22.5. The molecule has 1 aliphatic heterocycles. The number of halogens is 1. The molecular formula is C24H23ClN2O6. The Morgan fingerprint density at radius 2 is 1.70 bits per heavy atom. The first-order chi connectivity index (χ1) is 15.9. The van der Waals surface area contributed by atoms with E-state index in [9.17, 15) is 9.59 Å². The lowest BCUT2D eigenvalue weighted by atomic mass is 9.87. The van der Waals surface area contributed by atoms with E-state index in [1.54, 1.807) is 31.2 Å². The minimum Gasteiger partial charge on any atom is -0.493 e. The van der Waals surface area contributed by atoms with Gasteiger partial charge in [-0.25, -0.2) is 4.79 Å². The van der Waals surface area contributed by atoms with Crippen molar-refractivity contribution in [1.29, 1.82) is 0 Å². The average Bonchev–Trinajstić information content (AvgIpc) is 3.33. The van der Waals surface area contributed by atoms with Gasteiger partial charge in [-0.2, -0.15) is 0 Å². The predicted octanol–water partition coefficient (Wildman–Crippen LogP) is 4.54. The third kappa shape index (κ3) is 3.56. The molecule has 33 heavy (non-hydrogen) atoms. The maximum absolute atomic E-state index is 13.2. The van der Waals surface area contributed by atoms with E-state index in [0.29, 0.717) is 56.0 Å². The van der Waals surface area contributed by atoms with Crippen molar-refractivity contribution in [1.82, 2.24) is 4.98 Å². The molecule has 8 nitrogen and oxygen atoms in total. The number of carbonyl (C=O) groups is 2. The van der Waals surface area contributed by atoms with Crippen LogP contribution in [0.25, 0.3) is 11.3 Å². The number of methoxy groups -OCH3 is 4. The van der Waals surface area contributed by atoms with Gasteiger partial charge >= 0.3 is 5.97 Å². The molecule has 2 aromatic carbocycles. The van der Waals surface area contributed by atoms with Crippen LogP contribution in [0.5, 0.6) is 17.2 Å². The Kier molecular flexibility index (Phi) is 5.95. The standard InChI is InChI=1S/C24H23ClN2O6/c1-11-17(24(29)33-5)19(18-13-7-6-8-14(25)21(13)27-23(18)28)20(26-11)12-9-15(30-2)22(32-4)16(10-12)31-3/h6-10,18,26H,1-5H3,(H,27,28). The van der Waals surface area contributed by atoms with Crippen molar-refractivity contribution >= 4 is 29.2 Å². The molecule has 1 unspecified atom stereocenters. The van der Waals surface area contributed by atoms with E-state index in [-0.39, 0.29) is 11.5 Å². The van der Waals surface area contributed by atoms with Crippen LogP contribution in [0.15, 0.2) is 30.3 Å². The van der Waals surface area contributed by atoms with Gasteiger partial charge in [0.25, 0.3) is 0 Å². The molecule has 4 rings (SSSR count). The van der Waals surface area contributed by atoms with E-state index in [1.807, 2.05) is 6.07 Å². The Morgan fingerprint density at radius 1 is 1.03 bits per heavy atom. The second-order valence-corrected chi connectivity index (χ2v) is 7.85. The van der Waals surface area contributed by atoms with Crippen LogP contribution in [0.1, 0.15) is 33.1 Å². The summed E-state index contributed by atoms with van der Waals surface area (Å²) in [5.41, 5.74) is 3.72. The molecule has 0 aliphatic carbocycles. The Hall–Kier alpha value is -3.65. The van der Waals surface area contributed by atoms with E-state index in [0.717, 1.165) is 0 Å². The molecule has 0 radical (unpaired) electrons. The summed E-state index contributed by atoms with van der Waals surface area (Å²) in [5.74, 6) is -0.339. The number of H-pyrrole nitrogens is 1. The van der Waals surface area contributed by atoms with E-state index in [4.69, 9.17) is 30.5 Å². The molecule has 1 aromatic heterocycles. The number of para-hydroxylation sites is 1. The third-order valence-corrected chi connectivity index (χ3v) is 6.04. The fourth-order valence-electron chi connectivity index (χ4n) is 4.29. The molecule has 3 aromatic rings. The number of aryl methyl sites for hydroxylation is 1. The van der Waals surface area contributed by atoms with Gasteiger partial charge in [0.2, 0.25) is 11.7 Å². The number of aromatic amines is 1. The Labute approximate surface area is 195 Å². The van der Waals surface area contributed by atoms with Gasteiger partial charge in [-0.3, -0.25) is 4.79 Å². The number of fused-ring (bicyclic) bond motifs is 1. The van der Waals surface area contributed by atoms with E-state index in [2.05, 4.69) is 10.3 Å². The fraction of sp³-hybridized carbons (Fsp3) is 0.250. The van der Waals surface area contributed by atoms with Crippen molar-refractivity contribution < 1.29 is 28.5 Å². The maximum Gasteiger partial charge on any atom is 0.340 e. The lowest BCUT2D eigenvalue weighted by Gasteiger charge is -2.16. The summed E-state index contributed by atoms with van der Waals surface area (Å²) < 4.78 is 21.5. The SMILES string of the molecule is COC(=O)c1c(C)[nH]c(-c2cc(OC)c(OC)c(OC)c2)c1C1C(=O)Nc2c(Cl)cccc21. The Balaban J connectivity index is 2.03. The summed E-state index contributed by atoms with van der Waals surface area (Å²) in [5, 5.41) is 3.26. The van der Waals surface area contributed by atoms with Crippen LogP contribution in [0, 0.1) is 6.92 Å². The van der Waals surface area contributed by atoms with Crippen LogP contribution >= 0.6 is 11.6 Å². The third-order valence-electron chi connectivity index (χ3n) is 5.73. The number of benzene rings is 2. The van der Waals surface area contributed by atoms with Gasteiger partial charge in [-0.1, -0.05) is 23.7 Å². The first-order valence-electron chi connectivity index (χ1n) is 10.1. The molecule has 0 bridgehead atoms. The van der Waals surface area contributed by atoms with Crippen molar-refractivity contribution in [2.75, 3.05) is 33.8 Å². The fourth-order valence-corrected chi connectivity index (χ4v) is 4.52. The zero-order valence-corrected chi connectivity index (χ0v) is 19.5. The monoisotopic (exact) mass is 470 g/mol. The molecular weight excluding hydrogens is 448 g/mol. The lowest BCUT2D eigenvalue weighted by Crippen LogP contribution is -2.17. The minimum atomic E-state index is -0.785. The number of anilines is 1. The number of amides is 1. The number of nitrogens with one attached hydrogen (secondary N) is 2. The van der Waals surface area contributed by atoms with Crippen molar-refractivity contribution in [3.8, 4) is 28.5 Å². The summed E-state index contributed by atoms with van der Waals surface area (Å²) in [4.78, 5) is 29.3. The molecule has 1 atom stereocenters. The van der Waals surface area contributed by atoms with Crippen molar-refractivity contribution in [2.45, 2.75) is 12.8 Å². The number of esters is 1. The van der Waals surface area contributed by atoms with Crippen molar-refractivity contribution in [3.63, 3.8) is 0 Å². The lowest BCUT2D eigenvalue weighted by molar-refractivity contribution is -0.116. The van der Waals surface area contributed by atoms with Gasteiger partial charge < -0.3 is 29.2 Å². The highest BCUT2D eigenvalue weighted by Gasteiger charge is 2.39.